The van der Waals surface area contributed by atoms with Crippen LogP contribution in [0.2, 0.25) is 5.15 Å². The van der Waals surface area contributed by atoms with Crippen LogP contribution in [0.15, 0.2) is 43.0 Å². The molecule has 0 fully saturated rings. The smallest absolute Gasteiger partial charge is 0.154 e. The van der Waals surface area contributed by atoms with Crippen molar-refractivity contribution in [2.24, 2.45) is 0 Å². The van der Waals surface area contributed by atoms with Crippen LogP contribution in [0.25, 0.3) is 16.7 Å². The third kappa shape index (κ3) is 2.00. The largest absolute Gasteiger partial charge is 0.362 e. The first-order valence-electron chi connectivity index (χ1n) is 6.46. The number of pyridine rings is 1. The van der Waals surface area contributed by atoms with E-state index in [-0.39, 0.29) is 0 Å². The van der Waals surface area contributed by atoms with Crippen molar-refractivity contribution >= 4 is 34.1 Å². The fourth-order valence-corrected chi connectivity index (χ4v) is 2.55. The van der Waals surface area contributed by atoms with Gasteiger partial charge in [-0.2, -0.15) is 0 Å². The number of rotatable bonds is 3. The van der Waals surface area contributed by atoms with Gasteiger partial charge in [-0.3, -0.25) is 4.40 Å². The predicted octanol–water partition coefficient (Wildman–Crippen LogP) is 2.87. The van der Waals surface area contributed by atoms with Gasteiger partial charge in [0.05, 0.1) is 17.8 Å². The minimum atomic E-state index is 0.492. The number of H-pyrrole nitrogens is 1. The number of imidazole rings is 1. The second-order valence-corrected chi connectivity index (χ2v) is 4.95. The van der Waals surface area contributed by atoms with E-state index in [1.807, 2.05) is 41.1 Å². The number of nitrogens with one attached hydrogen (secondary N) is 2. The number of anilines is 1. The van der Waals surface area contributed by atoms with Crippen LogP contribution in [0.3, 0.4) is 0 Å². The van der Waals surface area contributed by atoms with E-state index in [1.54, 1.807) is 0 Å². The van der Waals surface area contributed by atoms with Gasteiger partial charge in [-0.25, -0.2) is 15.0 Å². The molecular formula is C14H11ClN6. The third-order valence-electron chi connectivity index (χ3n) is 3.31. The minimum absolute atomic E-state index is 0.492. The number of nitrogens with zero attached hydrogens (tertiary/aromatic N) is 4. The van der Waals surface area contributed by atoms with Crippen LogP contribution in [0.4, 0.5) is 5.82 Å². The number of hydrogen-bond donors (Lipinski definition) is 2. The Hall–Kier alpha value is -2.60. The maximum atomic E-state index is 6.34. The Kier molecular flexibility index (Phi) is 2.75. The molecule has 0 aromatic carbocycles. The molecule has 0 atom stereocenters. The second kappa shape index (κ2) is 4.75. The van der Waals surface area contributed by atoms with Gasteiger partial charge >= 0.3 is 0 Å². The summed E-state index contributed by atoms with van der Waals surface area (Å²) in [5.41, 5.74) is 3.35. The molecule has 0 aliphatic heterocycles. The van der Waals surface area contributed by atoms with Crippen LogP contribution in [-0.4, -0.2) is 24.3 Å². The van der Waals surface area contributed by atoms with Crippen molar-refractivity contribution < 1.29 is 0 Å². The van der Waals surface area contributed by atoms with Gasteiger partial charge < -0.3 is 10.3 Å². The summed E-state index contributed by atoms with van der Waals surface area (Å²) >= 11 is 6.34. The maximum absolute atomic E-state index is 6.34. The molecule has 0 amide bonds. The van der Waals surface area contributed by atoms with Gasteiger partial charge in [0, 0.05) is 12.4 Å². The number of aromatic amines is 1. The Morgan fingerprint density at radius 1 is 1.24 bits per heavy atom. The molecule has 21 heavy (non-hydrogen) atoms. The molecule has 2 N–H and O–H groups in total. The predicted molar refractivity (Wildman–Crippen MR) is 81.4 cm³/mol. The lowest BCUT2D eigenvalue weighted by atomic mass is 10.4. The molecule has 4 heterocycles. The van der Waals surface area contributed by atoms with Crippen LogP contribution in [0.5, 0.6) is 0 Å². The quantitative estimate of drug-likeness (QED) is 0.610. The zero-order chi connectivity index (χ0) is 14.2. The van der Waals surface area contributed by atoms with Crippen molar-refractivity contribution in [3.63, 3.8) is 0 Å². The summed E-state index contributed by atoms with van der Waals surface area (Å²) in [6, 6.07) is 7.68. The van der Waals surface area contributed by atoms with E-state index in [9.17, 15) is 0 Å². The standard InChI is InChI=1S/C14H11ClN6/c15-13-10(20-11-3-1-2-6-21(11)13)7-17-14-12-9(4-5-16-12)18-8-19-14/h1-6,8,16H,7H2,(H,17,18,19). The maximum Gasteiger partial charge on any atom is 0.154 e. The first-order valence-corrected chi connectivity index (χ1v) is 6.84. The molecular weight excluding hydrogens is 288 g/mol. The third-order valence-corrected chi connectivity index (χ3v) is 3.71. The summed E-state index contributed by atoms with van der Waals surface area (Å²) in [5, 5.41) is 3.86. The molecule has 0 unspecified atom stereocenters. The highest BCUT2D eigenvalue weighted by Crippen LogP contribution is 2.21. The van der Waals surface area contributed by atoms with Crippen LogP contribution >= 0.6 is 11.6 Å². The fraction of sp³-hybridized carbons (Fsp3) is 0.0714. The second-order valence-electron chi connectivity index (χ2n) is 4.59. The summed E-state index contributed by atoms with van der Waals surface area (Å²) < 4.78 is 1.85. The van der Waals surface area contributed by atoms with Gasteiger partial charge in [-0.15, -0.1) is 0 Å². The van der Waals surface area contributed by atoms with Gasteiger partial charge in [0.2, 0.25) is 0 Å². The summed E-state index contributed by atoms with van der Waals surface area (Å²) in [7, 11) is 0. The van der Waals surface area contributed by atoms with Crippen molar-refractivity contribution in [2.75, 3.05) is 5.32 Å². The highest BCUT2D eigenvalue weighted by Gasteiger charge is 2.10. The molecule has 0 aliphatic carbocycles. The van der Waals surface area contributed by atoms with E-state index < -0.39 is 0 Å². The van der Waals surface area contributed by atoms with Gasteiger partial charge in [0.15, 0.2) is 5.82 Å². The topological polar surface area (TPSA) is 70.9 Å². The van der Waals surface area contributed by atoms with Crippen molar-refractivity contribution in [1.29, 1.82) is 0 Å². The molecule has 4 rings (SSSR count). The normalized spacial score (nSPS) is 11.3. The van der Waals surface area contributed by atoms with E-state index in [0.717, 1.165) is 28.2 Å². The Morgan fingerprint density at radius 2 is 2.19 bits per heavy atom. The monoisotopic (exact) mass is 298 g/mol. The molecule has 6 nitrogen and oxygen atoms in total. The van der Waals surface area contributed by atoms with Crippen molar-refractivity contribution in [1.82, 2.24) is 24.3 Å². The lowest BCUT2D eigenvalue weighted by Crippen LogP contribution is -2.03. The Morgan fingerprint density at radius 3 is 3.10 bits per heavy atom. The molecule has 4 aromatic heterocycles. The molecule has 0 saturated carbocycles. The Balaban J connectivity index is 1.66. The van der Waals surface area contributed by atoms with Gasteiger partial charge in [0.25, 0.3) is 0 Å². The van der Waals surface area contributed by atoms with Crippen molar-refractivity contribution in [2.45, 2.75) is 6.54 Å². The van der Waals surface area contributed by atoms with Crippen molar-refractivity contribution in [3.8, 4) is 0 Å². The molecule has 0 saturated heterocycles. The number of fused-ring (bicyclic) bond motifs is 2. The SMILES string of the molecule is Clc1c(CNc2ncnc3cc[nH]c23)nc2ccccn12. The number of aromatic nitrogens is 5. The average Bonchev–Trinajstić information content (AvgIpc) is 3.11. The highest BCUT2D eigenvalue weighted by atomic mass is 35.5. The summed E-state index contributed by atoms with van der Waals surface area (Å²) in [6.45, 7) is 0.492. The van der Waals surface area contributed by atoms with E-state index in [4.69, 9.17) is 11.6 Å². The molecule has 0 bridgehead atoms. The van der Waals surface area contributed by atoms with Gasteiger partial charge in [-0.1, -0.05) is 17.7 Å². The fourth-order valence-electron chi connectivity index (χ4n) is 2.30. The highest BCUT2D eigenvalue weighted by molar-refractivity contribution is 6.30. The summed E-state index contributed by atoms with van der Waals surface area (Å²) in [5.74, 6) is 0.734. The first kappa shape index (κ1) is 12.2. The summed E-state index contributed by atoms with van der Waals surface area (Å²) in [4.78, 5) is 16.1. The molecule has 0 aliphatic rings. The Bertz CT molecular complexity index is 925. The van der Waals surface area contributed by atoms with Crippen LogP contribution < -0.4 is 5.32 Å². The first-order chi connectivity index (χ1) is 10.3. The Labute approximate surface area is 124 Å². The zero-order valence-corrected chi connectivity index (χ0v) is 11.7. The zero-order valence-electron chi connectivity index (χ0n) is 10.9. The van der Waals surface area contributed by atoms with Crippen molar-refractivity contribution in [3.05, 3.63) is 53.8 Å². The molecule has 7 heteroatoms. The van der Waals surface area contributed by atoms with Gasteiger partial charge in [-0.05, 0) is 18.2 Å². The molecule has 4 aromatic rings. The summed E-state index contributed by atoms with van der Waals surface area (Å²) in [6.07, 6.45) is 5.26. The van der Waals surface area contributed by atoms with E-state index >= 15 is 0 Å². The molecule has 0 spiro atoms. The number of halogens is 1. The van der Waals surface area contributed by atoms with E-state index in [0.29, 0.717) is 11.7 Å². The van der Waals surface area contributed by atoms with Crippen LogP contribution in [0, 0.1) is 0 Å². The molecule has 0 radical (unpaired) electrons. The van der Waals surface area contributed by atoms with E-state index in [1.165, 1.54) is 6.33 Å². The lowest BCUT2D eigenvalue weighted by Gasteiger charge is -2.04. The number of hydrogen-bond acceptors (Lipinski definition) is 4. The van der Waals surface area contributed by atoms with E-state index in [2.05, 4.69) is 25.3 Å². The molecule has 104 valence electrons. The van der Waals surface area contributed by atoms with Gasteiger partial charge in [0.1, 0.15) is 22.6 Å². The average molecular weight is 299 g/mol. The van der Waals surface area contributed by atoms with Crippen LogP contribution in [0.1, 0.15) is 5.69 Å². The van der Waals surface area contributed by atoms with Crippen LogP contribution in [-0.2, 0) is 6.54 Å². The minimum Gasteiger partial charge on any atom is -0.362 e. The lowest BCUT2D eigenvalue weighted by molar-refractivity contribution is 1.05.